The highest BCUT2D eigenvalue weighted by Gasteiger charge is 2.13. The van der Waals surface area contributed by atoms with Crippen molar-refractivity contribution < 1.29 is 9.59 Å². The van der Waals surface area contributed by atoms with Crippen molar-refractivity contribution in [3.63, 3.8) is 0 Å². The molecule has 1 aromatic carbocycles. The number of carbonyl (C=O) groups excluding carboxylic acids is 2. The van der Waals surface area contributed by atoms with Gasteiger partial charge in [0, 0.05) is 10.4 Å². The lowest BCUT2D eigenvalue weighted by molar-refractivity contribution is 0.0950. The summed E-state index contributed by atoms with van der Waals surface area (Å²) in [6.07, 6.45) is 0. The fourth-order valence-electron chi connectivity index (χ4n) is 2.12. The number of hydrogen-bond donors (Lipinski definition) is 1. The van der Waals surface area contributed by atoms with Gasteiger partial charge in [-0.15, -0.1) is 22.7 Å². The van der Waals surface area contributed by atoms with E-state index in [1.165, 1.54) is 22.7 Å². The van der Waals surface area contributed by atoms with E-state index in [0.717, 1.165) is 4.88 Å². The molecule has 0 radical (unpaired) electrons. The minimum absolute atomic E-state index is 0.00861. The number of nitrogens with zero attached hydrogens (tertiary/aromatic N) is 1. The number of benzene rings is 1. The number of amides is 1. The van der Waals surface area contributed by atoms with Crippen LogP contribution in [0.15, 0.2) is 53.9 Å². The molecule has 2 aromatic heterocycles. The highest BCUT2D eigenvalue weighted by Crippen LogP contribution is 2.22. The van der Waals surface area contributed by atoms with Crippen LogP contribution in [0, 0.1) is 11.3 Å². The minimum atomic E-state index is -0.244. The van der Waals surface area contributed by atoms with Gasteiger partial charge in [-0.3, -0.25) is 9.59 Å². The molecule has 3 rings (SSSR count). The Morgan fingerprint density at radius 3 is 2.71 bits per heavy atom. The van der Waals surface area contributed by atoms with E-state index in [1.807, 2.05) is 23.6 Å². The molecule has 0 unspecified atom stereocenters. The number of carbonyl (C=O) groups is 2. The molecular weight excluding hydrogens is 340 g/mol. The number of nitrogens with one attached hydrogen (secondary N) is 1. The van der Waals surface area contributed by atoms with Crippen LogP contribution in [-0.2, 0) is 6.54 Å². The number of hydrogen-bond acceptors (Lipinski definition) is 5. The molecule has 0 spiro atoms. The molecule has 0 fully saturated rings. The third kappa shape index (κ3) is 3.59. The van der Waals surface area contributed by atoms with Crippen molar-refractivity contribution in [1.29, 1.82) is 5.26 Å². The highest BCUT2D eigenvalue weighted by atomic mass is 32.1. The minimum Gasteiger partial charge on any atom is -0.347 e. The summed E-state index contributed by atoms with van der Waals surface area (Å²) < 4.78 is 0. The van der Waals surface area contributed by atoms with E-state index in [-0.39, 0.29) is 11.7 Å². The lowest BCUT2D eigenvalue weighted by atomic mass is 10.1. The van der Waals surface area contributed by atoms with Crippen LogP contribution >= 0.6 is 22.7 Å². The summed E-state index contributed by atoms with van der Waals surface area (Å²) in [5, 5.41) is 13.6. The molecule has 3 aromatic rings. The third-order valence-corrected chi connectivity index (χ3v) is 5.26. The highest BCUT2D eigenvalue weighted by molar-refractivity contribution is 7.16. The average molecular weight is 352 g/mol. The Morgan fingerprint density at radius 2 is 1.96 bits per heavy atom. The van der Waals surface area contributed by atoms with E-state index in [4.69, 9.17) is 5.26 Å². The van der Waals surface area contributed by atoms with Crippen molar-refractivity contribution in [2.75, 3.05) is 0 Å². The molecule has 0 aliphatic heterocycles. The maximum atomic E-state index is 12.3. The molecule has 118 valence electrons. The second-order valence-corrected chi connectivity index (χ2v) is 7.06. The van der Waals surface area contributed by atoms with Crippen molar-refractivity contribution in [2.45, 2.75) is 6.54 Å². The van der Waals surface area contributed by atoms with Gasteiger partial charge in [0.2, 0.25) is 5.78 Å². The van der Waals surface area contributed by atoms with Gasteiger partial charge in [-0.05, 0) is 41.8 Å². The van der Waals surface area contributed by atoms with Gasteiger partial charge in [-0.1, -0.05) is 12.1 Å². The zero-order chi connectivity index (χ0) is 16.9. The Kier molecular flexibility index (Phi) is 4.85. The molecule has 24 heavy (non-hydrogen) atoms. The SMILES string of the molecule is N#Cc1cccc(C(=O)NCc2ccc(C(=O)c3cccs3)s2)c1. The Hall–Kier alpha value is -2.75. The number of nitriles is 1. The van der Waals surface area contributed by atoms with E-state index in [1.54, 1.807) is 36.4 Å². The first-order valence-corrected chi connectivity index (χ1v) is 8.82. The van der Waals surface area contributed by atoms with E-state index < -0.39 is 0 Å². The second-order valence-electron chi connectivity index (χ2n) is 4.95. The van der Waals surface area contributed by atoms with Gasteiger partial charge in [0.15, 0.2) is 0 Å². The summed E-state index contributed by atoms with van der Waals surface area (Å²) in [4.78, 5) is 26.7. The zero-order valence-electron chi connectivity index (χ0n) is 12.5. The van der Waals surface area contributed by atoms with Crippen LogP contribution in [0.5, 0.6) is 0 Å². The summed E-state index contributed by atoms with van der Waals surface area (Å²) in [6.45, 7) is 0.345. The molecule has 1 N–H and O–H groups in total. The predicted octanol–water partition coefficient (Wildman–Crippen LogP) is 3.84. The van der Waals surface area contributed by atoms with Gasteiger partial charge in [-0.25, -0.2) is 0 Å². The second kappa shape index (κ2) is 7.21. The maximum Gasteiger partial charge on any atom is 0.251 e. The van der Waals surface area contributed by atoms with E-state index in [0.29, 0.717) is 27.4 Å². The van der Waals surface area contributed by atoms with Crippen molar-refractivity contribution in [3.05, 3.63) is 79.7 Å². The summed E-state index contributed by atoms with van der Waals surface area (Å²) in [7, 11) is 0. The average Bonchev–Trinajstić information content (AvgIpc) is 3.31. The first-order chi connectivity index (χ1) is 11.7. The smallest absolute Gasteiger partial charge is 0.251 e. The van der Waals surface area contributed by atoms with E-state index >= 15 is 0 Å². The number of rotatable bonds is 5. The summed E-state index contributed by atoms with van der Waals surface area (Å²) in [5.74, 6) is -0.235. The lowest BCUT2D eigenvalue weighted by Crippen LogP contribution is -2.22. The third-order valence-electron chi connectivity index (χ3n) is 3.31. The quantitative estimate of drug-likeness (QED) is 0.709. The van der Waals surface area contributed by atoms with E-state index in [9.17, 15) is 9.59 Å². The molecule has 1 amide bonds. The van der Waals surface area contributed by atoms with Crippen LogP contribution in [-0.4, -0.2) is 11.7 Å². The predicted molar refractivity (Wildman–Crippen MR) is 94.4 cm³/mol. The van der Waals surface area contributed by atoms with Crippen LogP contribution in [0.25, 0.3) is 0 Å². The van der Waals surface area contributed by atoms with Gasteiger partial charge >= 0.3 is 0 Å². The van der Waals surface area contributed by atoms with E-state index in [2.05, 4.69) is 5.32 Å². The Balaban J connectivity index is 1.64. The van der Waals surface area contributed by atoms with Crippen LogP contribution < -0.4 is 5.32 Å². The normalized spacial score (nSPS) is 10.1. The van der Waals surface area contributed by atoms with Crippen LogP contribution in [0.2, 0.25) is 0 Å². The Bertz CT molecular complexity index is 921. The molecular formula is C18H12N2O2S2. The van der Waals surface area contributed by atoms with Gasteiger partial charge in [0.1, 0.15) is 0 Å². The monoisotopic (exact) mass is 352 g/mol. The summed E-state index contributed by atoms with van der Waals surface area (Å²) >= 11 is 2.79. The molecule has 4 nitrogen and oxygen atoms in total. The van der Waals surface area contributed by atoms with Crippen LogP contribution in [0.4, 0.5) is 0 Å². The Labute approximate surface area is 147 Å². The summed E-state index contributed by atoms with van der Waals surface area (Å²) in [5.41, 5.74) is 0.892. The molecule has 0 aliphatic rings. The fraction of sp³-hybridized carbons (Fsp3) is 0.0556. The lowest BCUT2D eigenvalue weighted by Gasteiger charge is -2.03. The first-order valence-electron chi connectivity index (χ1n) is 7.12. The van der Waals surface area contributed by atoms with Gasteiger partial charge in [0.05, 0.1) is 27.9 Å². The van der Waals surface area contributed by atoms with Gasteiger partial charge in [-0.2, -0.15) is 5.26 Å². The Morgan fingerprint density at radius 1 is 1.08 bits per heavy atom. The maximum absolute atomic E-state index is 12.3. The molecule has 6 heteroatoms. The van der Waals surface area contributed by atoms with Gasteiger partial charge in [0.25, 0.3) is 5.91 Å². The van der Waals surface area contributed by atoms with Crippen LogP contribution in [0.1, 0.15) is 35.3 Å². The molecule has 0 bridgehead atoms. The number of ketones is 1. The number of thiophene rings is 2. The standard InChI is InChI=1S/C18H12N2O2S2/c19-10-12-3-1-4-13(9-12)18(22)20-11-14-6-7-16(24-14)17(21)15-5-2-8-23-15/h1-9H,11H2,(H,20,22). The van der Waals surface area contributed by atoms with Crippen molar-refractivity contribution in [1.82, 2.24) is 5.32 Å². The van der Waals surface area contributed by atoms with Crippen molar-refractivity contribution >= 4 is 34.4 Å². The molecule has 0 atom stereocenters. The zero-order valence-corrected chi connectivity index (χ0v) is 14.1. The fourth-order valence-corrected chi connectivity index (χ4v) is 3.77. The van der Waals surface area contributed by atoms with Gasteiger partial charge < -0.3 is 5.32 Å². The van der Waals surface area contributed by atoms with Crippen LogP contribution in [0.3, 0.4) is 0 Å². The molecule has 2 heterocycles. The topological polar surface area (TPSA) is 70.0 Å². The molecule has 0 saturated heterocycles. The van der Waals surface area contributed by atoms with Crippen molar-refractivity contribution in [3.8, 4) is 6.07 Å². The molecule has 0 saturated carbocycles. The largest absolute Gasteiger partial charge is 0.347 e. The molecule has 0 aliphatic carbocycles. The van der Waals surface area contributed by atoms with Crippen molar-refractivity contribution in [2.24, 2.45) is 0 Å². The first kappa shape index (κ1) is 16.1. The summed E-state index contributed by atoms with van der Waals surface area (Å²) in [6, 6.07) is 15.8.